The Kier molecular flexibility index (Phi) is 6.62. The molecule has 0 radical (unpaired) electrons. The molecule has 0 bridgehead atoms. The minimum atomic E-state index is -4.43. The number of piperazine rings is 1. The van der Waals surface area contributed by atoms with Crippen molar-refractivity contribution < 1.29 is 22.8 Å². The van der Waals surface area contributed by atoms with Gasteiger partial charge in [0.05, 0.1) is 11.9 Å². The van der Waals surface area contributed by atoms with Crippen molar-refractivity contribution in [1.82, 2.24) is 19.8 Å². The number of aromatic nitrogens is 2. The molecular weight excluding hydrogens is 425 g/mol. The van der Waals surface area contributed by atoms with E-state index >= 15 is 0 Å². The van der Waals surface area contributed by atoms with E-state index in [-0.39, 0.29) is 30.2 Å². The number of likely N-dealkylation sites (N-methyl/N-ethyl adjacent to an activating group) is 1. The molecule has 1 saturated heterocycles. The van der Waals surface area contributed by atoms with Gasteiger partial charge < -0.3 is 15.5 Å². The second-order valence-electron chi connectivity index (χ2n) is 7.27. The first kappa shape index (κ1) is 23.0. The van der Waals surface area contributed by atoms with Gasteiger partial charge in [-0.15, -0.1) is 0 Å². The maximum Gasteiger partial charge on any atom is 0.389 e. The molecule has 0 aliphatic carbocycles. The van der Waals surface area contributed by atoms with Crippen molar-refractivity contribution >= 4 is 17.6 Å². The standard InChI is InChI=1S/C21H21F3N6O2/c1-2-29-8-9-30(17(20(29)32)6-7-21(22,23)24)19(31)14-5-3-4-13(10-14)16-12-27-18(26)15(11-25)28-16/h3-5,10,12,17H,2,6-9H2,1H3,(H2,26,27). The predicted molar refractivity (Wildman–Crippen MR) is 109 cm³/mol. The van der Waals surface area contributed by atoms with Gasteiger partial charge in [-0.3, -0.25) is 9.59 Å². The molecule has 8 nitrogen and oxygen atoms in total. The van der Waals surface area contributed by atoms with E-state index in [1.807, 2.05) is 6.07 Å². The van der Waals surface area contributed by atoms with Crippen LogP contribution in [0.2, 0.25) is 0 Å². The number of halogens is 3. The SMILES string of the molecule is CCN1CCN(C(=O)c2cccc(-c3cnc(N)c(C#N)n3)c2)C(CCC(F)(F)F)C1=O. The number of nitrogen functional groups attached to an aromatic ring is 1. The van der Waals surface area contributed by atoms with Gasteiger partial charge in [0.15, 0.2) is 11.5 Å². The zero-order valence-corrected chi connectivity index (χ0v) is 17.3. The van der Waals surface area contributed by atoms with Crippen molar-refractivity contribution in [2.24, 2.45) is 0 Å². The van der Waals surface area contributed by atoms with E-state index in [0.29, 0.717) is 17.8 Å². The van der Waals surface area contributed by atoms with Crippen molar-refractivity contribution in [2.75, 3.05) is 25.4 Å². The van der Waals surface area contributed by atoms with Crippen molar-refractivity contribution in [1.29, 1.82) is 5.26 Å². The van der Waals surface area contributed by atoms with E-state index in [1.54, 1.807) is 19.1 Å². The number of carbonyl (C=O) groups is 2. The largest absolute Gasteiger partial charge is 0.389 e. The molecule has 32 heavy (non-hydrogen) atoms. The monoisotopic (exact) mass is 446 g/mol. The van der Waals surface area contributed by atoms with Gasteiger partial charge in [0.1, 0.15) is 12.1 Å². The Morgan fingerprint density at radius 3 is 2.75 bits per heavy atom. The molecule has 1 atom stereocenters. The number of alkyl halides is 3. The molecular formula is C21H21F3N6O2. The topological polar surface area (TPSA) is 116 Å². The fourth-order valence-corrected chi connectivity index (χ4v) is 3.57. The number of nitrogens with zero attached hydrogens (tertiary/aromatic N) is 5. The Morgan fingerprint density at radius 2 is 2.09 bits per heavy atom. The zero-order valence-electron chi connectivity index (χ0n) is 17.3. The molecule has 2 amide bonds. The summed E-state index contributed by atoms with van der Waals surface area (Å²) in [6.45, 7) is 2.47. The first-order chi connectivity index (χ1) is 15.1. The highest BCUT2D eigenvalue weighted by Gasteiger charge is 2.39. The summed E-state index contributed by atoms with van der Waals surface area (Å²) in [4.78, 5) is 36.6. The minimum absolute atomic E-state index is 0.0247. The lowest BCUT2D eigenvalue weighted by molar-refractivity contribution is -0.149. The molecule has 1 fully saturated rings. The van der Waals surface area contributed by atoms with Crippen LogP contribution in [0.4, 0.5) is 19.0 Å². The van der Waals surface area contributed by atoms with Crippen LogP contribution < -0.4 is 5.73 Å². The molecule has 2 heterocycles. The van der Waals surface area contributed by atoms with Gasteiger partial charge in [0, 0.05) is 37.2 Å². The number of anilines is 1. The smallest absolute Gasteiger partial charge is 0.381 e. The molecule has 1 aromatic carbocycles. The predicted octanol–water partition coefficient (Wildman–Crippen LogP) is 2.61. The average molecular weight is 446 g/mol. The van der Waals surface area contributed by atoms with Crippen LogP contribution in [0.5, 0.6) is 0 Å². The van der Waals surface area contributed by atoms with Gasteiger partial charge in [0.2, 0.25) is 5.91 Å². The highest BCUT2D eigenvalue weighted by atomic mass is 19.4. The van der Waals surface area contributed by atoms with E-state index < -0.39 is 36.9 Å². The van der Waals surface area contributed by atoms with Crippen LogP contribution in [-0.2, 0) is 4.79 Å². The molecule has 3 rings (SSSR count). The van der Waals surface area contributed by atoms with E-state index in [2.05, 4.69) is 9.97 Å². The third kappa shape index (κ3) is 4.96. The van der Waals surface area contributed by atoms with Gasteiger partial charge in [0.25, 0.3) is 5.91 Å². The number of nitrogens with two attached hydrogens (primary N) is 1. The third-order valence-corrected chi connectivity index (χ3v) is 5.24. The van der Waals surface area contributed by atoms with Crippen LogP contribution in [0, 0.1) is 11.3 Å². The summed E-state index contributed by atoms with van der Waals surface area (Å²) < 4.78 is 38.5. The quantitative estimate of drug-likeness (QED) is 0.755. The van der Waals surface area contributed by atoms with Crippen molar-refractivity contribution in [3.8, 4) is 17.3 Å². The number of hydrogen-bond acceptors (Lipinski definition) is 6. The lowest BCUT2D eigenvalue weighted by Crippen LogP contribution is -2.58. The second-order valence-corrected chi connectivity index (χ2v) is 7.27. The van der Waals surface area contributed by atoms with Crippen molar-refractivity contribution in [3.05, 3.63) is 41.7 Å². The highest BCUT2D eigenvalue weighted by molar-refractivity contribution is 5.99. The minimum Gasteiger partial charge on any atom is -0.381 e. The molecule has 1 unspecified atom stereocenters. The van der Waals surface area contributed by atoms with Crippen LogP contribution in [0.15, 0.2) is 30.5 Å². The molecule has 11 heteroatoms. The fraction of sp³-hybridized carbons (Fsp3) is 0.381. The van der Waals surface area contributed by atoms with E-state index in [0.717, 1.165) is 0 Å². The van der Waals surface area contributed by atoms with Crippen LogP contribution in [-0.4, -0.2) is 63.4 Å². The van der Waals surface area contributed by atoms with Crippen LogP contribution >= 0.6 is 0 Å². The molecule has 0 spiro atoms. The van der Waals surface area contributed by atoms with Gasteiger partial charge in [-0.25, -0.2) is 9.97 Å². The Hall–Kier alpha value is -3.68. The summed E-state index contributed by atoms with van der Waals surface area (Å²) in [5.74, 6) is -1.06. The first-order valence-electron chi connectivity index (χ1n) is 9.94. The maximum atomic E-state index is 13.2. The third-order valence-electron chi connectivity index (χ3n) is 5.24. The molecule has 168 valence electrons. The van der Waals surface area contributed by atoms with Gasteiger partial charge in [-0.05, 0) is 25.5 Å². The summed E-state index contributed by atoms with van der Waals surface area (Å²) in [7, 11) is 0. The Bertz CT molecular complexity index is 1070. The summed E-state index contributed by atoms with van der Waals surface area (Å²) in [5, 5.41) is 9.10. The van der Waals surface area contributed by atoms with Crippen molar-refractivity contribution in [2.45, 2.75) is 32.0 Å². The molecule has 2 aromatic rings. The summed E-state index contributed by atoms with van der Waals surface area (Å²) in [6.07, 6.45) is -4.74. The first-order valence-corrected chi connectivity index (χ1v) is 9.94. The molecule has 1 aromatic heterocycles. The molecule has 1 aliphatic heterocycles. The molecule has 2 N–H and O–H groups in total. The maximum absolute atomic E-state index is 13.2. The number of benzene rings is 1. The number of nitriles is 1. The van der Waals surface area contributed by atoms with Gasteiger partial charge in [-0.1, -0.05) is 12.1 Å². The Balaban J connectivity index is 1.90. The number of rotatable bonds is 5. The van der Waals surface area contributed by atoms with Crippen LogP contribution in [0.25, 0.3) is 11.3 Å². The number of carbonyl (C=O) groups excluding carboxylic acids is 2. The van der Waals surface area contributed by atoms with E-state index in [4.69, 9.17) is 11.0 Å². The van der Waals surface area contributed by atoms with Gasteiger partial charge in [-0.2, -0.15) is 18.4 Å². The zero-order chi connectivity index (χ0) is 23.5. The van der Waals surface area contributed by atoms with E-state index in [9.17, 15) is 22.8 Å². The average Bonchev–Trinajstić information content (AvgIpc) is 2.77. The molecule has 1 aliphatic rings. The van der Waals surface area contributed by atoms with E-state index in [1.165, 1.54) is 28.1 Å². The number of amides is 2. The second kappa shape index (κ2) is 9.21. The summed E-state index contributed by atoms with van der Waals surface area (Å²) in [5.41, 5.74) is 6.51. The number of hydrogen-bond donors (Lipinski definition) is 1. The van der Waals surface area contributed by atoms with Crippen LogP contribution in [0.3, 0.4) is 0 Å². The Morgan fingerprint density at radius 1 is 1.34 bits per heavy atom. The fourth-order valence-electron chi connectivity index (χ4n) is 3.57. The van der Waals surface area contributed by atoms with Crippen molar-refractivity contribution in [3.63, 3.8) is 0 Å². The Labute approximate surface area is 182 Å². The van der Waals surface area contributed by atoms with Crippen LogP contribution in [0.1, 0.15) is 35.8 Å². The van der Waals surface area contributed by atoms with Gasteiger partial charge >= 0.3 is 6.18 Å². The lowest BCUT2D eigenvalue weighted by Gasteiger charge is -2.40. The normalized spacial score (nSPS) is 16.7. The highest BCUT2D eigenvalue weighted by Crippen LogP contribution is 2.27. The lowest BCUT2D eigenvalue weighted by atomic mass is 10.0. The summed E-state index contributed by atoms with van der Waals surface area (Å²) in [6, 6.07) is 6.89. The summed E-state index contributed by atoms with van der Waals surface area (Å²) >= 11 is 0. The molecule has 0 saturated carbocycles.